The summed E-state index contributed by atoms with van der Waals surface area (Å²) < 4.78 is 11.0. The third kappa shape index (κ3) is 3.19. The van der Waals surface area contributed by atoms with E-state index in [1.807, 2.05) is 0 Å². The average Bonchev–Trinajstić information content (AvgIpc) is 2.51. The molecule has 1 fully saturated rings. The molecule has 7 heteroatoms. The first kappa shape index (κ1) is 15.1. The van der Waals surface area contributed by atoms with Gasteiger partial charge in [-0.25, -0.2) is 0 Å². The molecule has 1 aliphatic heterocycles. The number of nitrogens with zero attached hydrogens (tertiary/aromatic N) is 1. The fourth-order valence-electron chi connectivity index (χ4n) is 2.47. The van der Waals surface area contributed by atoms with Crippen LogP contribution >= 0.6 is 11.6 Å². The molecule has 2 aromatic rings. The van der Waals surface area contributed by atoms with Crippen LogP contribution in [0.3, 0.4) is 0 Å². The number of benzene rings is 1. The highest BCUT2D eigenvalue weighted by molar-refractivity contribution is 6.36. The molecule has 22 heavy (non-hydrogen) atoms. The van der Waals surface area contributed by atoms with Crippen molar-refractivity contribution in [2.75, 3.05) is 39.5 Å². The lowest BCUT2D eigenvalue weighted by Crippen LogP contribution is -2.38. The molecule has 2 N–H and O–H groups in total. The van der Waals surface area contributed by atoms with Gasteiger partial charge in [0.15, 0.2) is 0 Å². The number of H-pyrrole nitrogens is 1. The number of aromatic hydroxyl groups is 1. The van der Waals surface area contributed by atoms with Crippen LogP contribution in [0.2, 0.25) is 5.02 Å². The van der Waals surface area contributed by atoms with E-state index in [2.05, 4.69) is 9.88 Å². The van der Waals surface area contributed by atoms with Gasteiger partial charge in [-0.2, -0.15) is 0 Å². The fourth-order valence-corrected chi connectivity index (χ4v) is 2.74. The maximum Gasteiger partial charge on any atom is 0.252 e. The zero-order chi connectivity index (χ0) is 15.5. The Morgan fingerprint density at radius 3 is 2.91 bits per heavy atom. The van der Waals surface area contributed by atoms with Crippen molar-refractivity contribution in [2.24, 2.45) is 0 Å². The van der Waals surface area contributed by atoms with Gasteiger partial charge in [-0.3, -0.25) is 9.69 Å². The topological polar surface area (TPSA) is 74.8 Å². The second-order valence-corrected chi connectivity index (χ2v) is 5.50. The summed E-state index contributed by atoms with van der Waals surface area (Å²) in [6.07, 6.45) is 0. The third-order valence-corrected chi connectivity index (χ3v) is 4.04. The minimum Gasteiger partial charge on any atom is -0.507 e. The van der Waals surface area contributed by atoms with E-state index in [0.29, 0.717) is 28.3 Å². The molecule has 0 saturated carbocycles. The van der Waals surface area contributed by atoms with Gasteiger partial charge < -0.3 is 19.6 Å². The van der Waals surface area contributed by atoms with Crippen molar-refractivity contribution in [2.45, 2.75) is 0 Å². The number of nitrogens with one attached hydrogen (secondary N) is 1. The Labute approximate surface area is 132 Å². The zero-order valence-electron chi connectivity index (χ0n) is 12.0. The smallest absolute Gasteiger partial charge is 0.252 e. The SMILES string of the molecule is O=c1cc(O)c2ccc(OCCN3CCOCC3)c(Cl)c2[nH]1. The lowest BCUT2D eigenvalue weighted by atomic mass is 10.2. The van der Waals surface area contributed by atoms with Crippen molar-refractivity contribution < 1.29 is 14.6 Å². The zero-order valence-corrected chi connectivity index (χ0v) is 12.7. The minimum atomic E-state index is -0.405. The molecule has 0 bridgehead atoms. The van der Waals surface area contributed by atoms with Crippen LogP contribution in [0.4, 0.5) is 0 Å². The molecule has 0 unspecified atom stereocenters. The molecule has 0 radical (unpaired) electrons. The summed E-state index contributed by atoms with van der Waals surface area (Å²) in [6, 6.07) is 4.50. The van der Waals surface area contributed by atoms with Gasteiger partial charge >= 0.3 is 0 Å². The number of morpholine rings is 1. The molecule has 0 amide bonds. The highest BCUT2D eigenvalue weighted by Crippen LogP contribution is 2.34. The Balaban J connectivity index is 1.74. The van der Waals surface area contributed by atoms with Crippen molar-refractivity contribution in [1.29, 1.82) is 0 Å². The van der Waals surface area contributed by atoms with E-state index < -0.39 is 5.56 Å². The van der Waals surface area contributed by atoms with Crippen LogP contribution < -0.4 is 10.3 Å². The molecule has 3 rings (SSSR count). The first-order valence-electron chi connectivity index (χ1n) is 7.12. The average molecular weight is 325 g/mol. The predicted octanol–water partition coefficient (Wildman–Crippen LogP) is 1.60. The Morgan fingerprint density at radius 2 is 2.14 bits per heavy atom. The third-order valence-electron chi connectivity index (χ3n) is 3.67. The van der Waals surface area contributed by atoms with E-state index in [1.165, 1.54) is 0 Å². The van der Waals surface area contributed by atoms with Crippen molar-refractivity contribution in [1.82, 2.24) is 9.88 Å². The molecule has 0 spiro atoms. The molecule has 0 atom stereocenters. The molecule has 2 heterocycles. The van der Waals surface area contributed by atoms with Crippen molar-refractivity contribution in [3.05, 3.63) is 33.6 Å². The van der Waals surface area contributed by atoms with E-state index in [1.54, 1.807) is 12.1 Å². The molecule has 1 aromatic carbocycles. The molecular formula is C15H17ClN2O4. The molecule has 1 aromatic heterocycles. The second kappa shape index (κ2) is 6.56. The van der Waals surface area contributed by atoms with Gasteiger partial charge in [0.1, 0.15) is 23.1 Å². The van der Waals surface area contributed by atoms with Gasteiger partial charge in [0.05, 0.1) is 18.7 Å². The van der Waals surface area contributed by atoms with E-state index in [9.17, 15) is 9.90 Å². The lowest BCUT2D eigenvalue weighted by Gasteiger charge is -2.26. The maximum atomic E-state index is 11.5. The molecule has 6 nitrogen and oxygen atoms in total. The van der Waals surface area contributed by atoms with Crippen LogP contribution in [0.15, 0.2) is 23.0 Å². The number of aromatic amines is 1. The van der Waals surface area contributed by atoms with Crippen LogP contribution in [-0.2, 0) is 4.74 Å². The van der Waals surface area contributed by atoms with Crippen molar-refractivity contribution >= 4 is 22.5 Å². The predicted molar refractivity (Wildman–Crippen MR) is 84.0 cm³/mol. The van der Waals surface area contributed by atoms with Crippen LogP contribution in [-0.4, -0.2) is 54.4 Å². The number of rotatable bonds is 4. The standard InChI is InChI=1S/C15H17ClN2O4/c16-14-12(22-8-5-18-3-6-21-7-4-18)2-1-10-11(19)9-13(20)17-15(10)14/h1-2,9H,3-8H2,(H2,17,19,20). The maximum absolute atomic E-state index is 11.5. The quantitative estimate of drug-likeness (QED) is 0.893. The number of aromatic nitrogens is 1. The molecular weight excluding hydrogens is 308 g/mol. The van der Waals surface area contributed by atoms with Crippen molar-refractivity contribution in [3.8, 4) is 11.5 Å². The largest absolute Gasteiger partial charge is 0.507 e. The van der Waals surface area contributed by atoms with Crippen LogP contribution in [0, 0.1) is 0 Å². The monoisotopic (exact) mass is 324 g/mol. The number of ether oxygens (including phenoxy) is 2. The molecule has 0 aliphatic carbocycles. The first-order valence-corrected chi connectivity index (χ1v) is 7.50. The number of halogens is 1. The van der Waals surface area contributed by atoms with E-state index in [0.717, 1.165) is 38.9 Å². The second-order valence-electron chi connectivity index (χ2n) is 5.12. The van der Waals surface area contributed by atoms with Gasteiger partial charge in [-0.15, -0.1) is 0 Å². The Morgan fingerprint density at radius 1 is 1.36 bits per heavy atom. The van der Waals surface area contributed by atoms with E-state index >= 15 is 0 Å². The number of pyridine rings is 1. The highest BCUT2D eigenvalue weighted by atomic mass is 35.5. The Hall–Kier alpha value is -1.76. The van der Waals surface area contributed by atoms with Crippen molar-refractivity contribution in [3.63, 3.8) is 0 Å². The lowest BCUT2D eigenvalue weighted by molar-refractivity contribution is 0.0322. The summed E-state index contributed by atoms with van der Waals surface area (Å²) in [7, 11) is 0. The van der Waals surface area contributed by atoms with Crippen LogP contribution in [0.5, 0.6) is 11.5 Å². The van der Waals surface area contributed by atoms with Gasteiger partial charge in [-0.05, 0) is 12.1 Å². The number of hydrogen-bond donors (Lipinski definition) is 2. The molecule has 1 aliphatic rings. The molecule has 118 valence electrons. The molecule has 1 saturated heterocycles. The van der Waals surface area contributed by atoms with Gasteiger partial charge in [0.2, 0.25) is 0 Å². The summed E-state index contributed by atoms with van der Waals surface area (Å²) in [4.78, 5) is 16.3. The van der Waals surface area contributed by atoms with Crippen LogP contribution in [0.1, 0.15) is 0 Å². The summed E-state index contributed by atoms with van der Waals surface area (Å²) in [6.45, 7) is 4.57. The Kier molecular flexibility index (Phi) is 4.52. The summed E-state index contributed by atoms with van der Waals surface area (Å²) in [5.41, 5.74) is -0.0205. The highest BCUT2D eigenvalue weighted by Gasteiger charge is 2.13. The minimum absolute atomic E-state index is 0.0967. The fraction of sp³-hybridized carbons (Fsp3) is 0.400. The van der Waals surface area contributed by atoms with E-state index in [4.69, 9.17) is 21.1 Å². The normalized spacial score (nSPS) is 16.0. The summed E-state index contributed by atoms with van der Waals surface area (Å²) in [5.74, 6) is 0.393. The number of fused-ring (bicyclic) bond motifs is 1. The Bertz CT molecular complexity index is 725. The first-order chi connectivity index (χ1) is 10.6. The van der Waals surface area contributed by atoms with E-state index in [-0.39, 0.29) is 5.75 Å². The summed E-state index contributed by atoms with van der Waals surface area (Å²) >= 11 is 6.27. The van der Waals surface area contributed by atoms with Gasteiger partial charge in [0, 0.05) is 31.1 Å². The van der Waals surface area contributed by atoms with Gasteiger partial charge in [0.25, 0.3) is 5.56 Å². The number of hydrogen-bond acceptors (Lipinski definition) is 5. The van der Waals surface area contributed by atoms with Crippen LogP contribution in [0.25, 0.3) is 10.9 Å². The summed E-state index contributed by atoms with van der Waals surface area (Å²) in [5, 5.41) is 10.6. The van der Waals surface area contributed by atoms with Gasteiger partial charge in [-0.1, -0.05) is 11.6 Å².